The summed E-state index contributed by atoms with van der Waals surface area (Å²) in [4.78, 5) is 12.9. The third-order valence-corrected chi connectivity index (χ3v) is 11.1. The van der Waals surface area contributed by atoms with Crippen LogP contribution in [0, 0.1) is 0 Å². The molecular formula is C45H87NO8. The molecule has 7 atom stereocenters. The van der Waals surface area contributed by atoms with E-state index in [0.717, 1.165) is 38.5 Å². The van der Waals surface area contributed by atoms with Gasteiger partial charge in [-0.2, -0.15) is 0 Å². The number of unbranched alkanes of at least 4 members (excludes halogenated alkanes) is 28. The number of aliphatic hydroxyl groups excluding tert-OH is 5. The molecule has 0 radical (unpaired) electrons. The standard InChI is InChI=1S/C45H87NO8/c1-3-5-7-9-11-13-15-16-17-18-19-20-21-22-23-25-27-29-31-33-35-41(49)46-38(37-53-45-44(52)43(51)42(50)40(36-47)54-45)39(48)34-32-30-28-26-24-14-12-10-8-6-4-2/h32,34,38-40,42-45,47-48,50-52H,3-31,33,35-37H2,1-2H3,(H,46,49). The molecule has 9 heteroatoms. The van der Waals surface area contributed by atoms with E-state index in [-0.39, 0.29) is 12.5 Å². The zero-order valence-electron chi connectivity index (χ0n) is 35.0. The van der Waals surface area contributed by atoms with E-state index in [1.807, 2.05) is 6.08 Å². The molecule has 0 aromatic rings. The van der Waals surface area contributed by atoms with Crippen LogP contribution in [0.15, 0.2) is 12.2 Å². The summed E-state index contributed by atoms with van der Waals surface area (Å²) in [5.74, 6) is -0.175. The van der Waals surface area contributed by atoms with Gasteiger partial charge in [-0.15, -0.1) is 0 Å². The quantitative estimate of drug-likeness (QED) is 0.0269. The minimum Gasteiger partial charge on any atom is -0.394 e. The Bertz CT molecular complexity index is 858. The first kappa shape index (κ1) is 50.9. The fraction of sp³-hybridized carbons (Fsp3) is 0.933. The third kappa shape index (κ3) is 26.7. The van der Waals surface area contributed by atoms with Crippen LogP contribution in [0.3, 0.4) is 0 Å². The fourth-order valence-corrected chi connectivity index (χ4v) is 7.39. The summed E-state index contributed by atoms with van der Waals surface area (Å²) in [6.45, 7) is 3.77. The third-order valence-electron chi connectivity index (χ3n) is 11.1. The maximum atomic E-state index is 12.9. The molecule has 1 saturated heterocycles. The highest BCUT2D eigenvalue weighted by atomic mass is 16.7. The van der Waals surface area contributed by atoms with Gasteiger partial charge in [0, 0.05) is 6.42 Å². The van der Waals surface area contributed by atoms with E-state index in [1.165, 1.54) is 154 Å². The van der Waals surface area contributed by atoms with Crippen molar-refractivity contribution < 1.29 is 39.8 Å². The number of hydrogen-bond acceptors (Lipinski definition) is 8. The van der Waals surface area contributed by atoms with Crippen LogP contribution in [0.5, 0.6) is 0 Å². The molecule has 320 valence electrons. The van der Waals surface area contributed by atoms with Crippen molar-refractivity contribution in [3.8, 4) is 0 Å². The fourth-order valence-electron chi connectivity index (χ4n) is 7.39. The Morgan fingerprint density at radius 3 is 1.44 bits per heavy atom. The number of aliphatic hydroxyl groups is 5. The monoisotopic (exact) mass is 770 g/mol. The van der Waals surface area contributed by atoms with E-state index < -0.39 is 49.5 Å². The van der Waals surface area contributed by atoms with Crippen LogP contribution < -0.4 is 5.32 Å². The van der Waals surface area contributed by atoms with Gasteiger partial charge in [-0.25, -0.2) is 0 Å². The van der Waals surface area contributed by atoms with Crippen LogP contribution in [0.2, 0.25) is 0 Å². The zero-order valence-corrected chi connectivity index (χ0v) is 35.0. The number of amides is 1. The number of rotatable bonds is 38. The van der Waals surface area contributed by atoms with E-state index in [4.69, 9.17) is 9.47 Å². The Labute approximate surface area is 331 Å². The summed E-state index contributed by atoms with van der Waals surface area (Å²) < 4.78 is 11.2. The zero-order chi connectivity index (χ0) is 39.5. The predicted octanol–water partition coefficient (Wildman–Crippen LogP) is 9.34. The molecule has 7 unspecified atom stereocenters. The molecule has 1 amide bonds. The van der Waals surface area contributed by atoms with Crippen molar-refractivity contribution in [3.63, 3.8) is 0 Å². The normalized spacial score (nSPS) is 21.5. The first-order valence-corrected chi connectivity index (χ1v) is 22.9. The molecule has 1 aliphatic rings. The summed E-state index contributed by atoms with van der Waals surface area (Å²) in [6.07, 6.45) is 34.0. The van der Waals surface area contributed by atoms with Gasteiger partial charge in [0.2, 0.25) is 5.91 Å². The molecule has 0 aliphatic carbocycles. The van der Waals surface area contributed by atoms with Gasteiger partial charge < -0.3 is 40.3 Å². The van der Waals surface area contributed by atoms with Crippen molar-refractivity contribution >= 4 is 5.91 Å². The summed E-state index contributed by atoms with van der Waals surface area (Å²) >= 11 is 0. The summed E-state index contributed by atoms with van der Waals surface area (Å²) in [6, 6.07) is -0.797. The molecule has 0 aromatic heterocycles. The van der Waals surface area contributed by atoms with Gasteiger partial charge in [-0.05, 0) is 19.3 Å². The van der Waals surface area contributed by atoms with Crippen molar-refractivity contribution in [2.24, 2.45) is 0 Å². The molecular weight excluding hydrogens is 682 g/mol. The first-order valence-electron chi connectivity index (χ1n) is 22.9. The molecule has 6 N–H and O–H groups in total. The van der Waals surface area contributed by atoms with Crippen LogP contribution in [-0.4, -0.2) is 87.5 Å². The number of ether oxygens (including phenoxy) is 2. The van der Waals surface area contributed by atoms with Gasteiger partial charge in [-0.1, -0.05) is 199 Å². The topological polar surface area (TPSA) is 149 Å². The summed E-state index contributed by atoms with van der Waals surface area (Å²) in [5.41, 5.74) is 0. The second-order valence-corrected chi connectivity index (χ2v) is 16.2. The first-order chi connectivity index (χ1) is 26.3. The van der Waals surface area contributed by atoms with E-state index in [2.05, 4.69) is 19.2 Å². The maximum Gasteiger partial charge on any atom is 0.220 e. The number of allylic oxidation sites excluding steroid dienone is 1. The van der Waals surface area contributed by atoms with Gasteiger partial charge in [0.15, 0.2) is 6.29 Å². The Kier molecular flexibility index (Phi) is 34.2. The molecule has 0 spiro atoms. The maximum absolute atomic E-state index is 12.9. The average Bonchev–Trinajstić information content (AvgIpc) is 3.17. The Hall–Kier alpha value is -1.07. The molecule has 9 nitrogen and oxygen atoms in total. The smallest absolute Gasteiger partial charge is 0.220 e. The Morgan fingerprint density at radius 1 is 0.611 bits per heavy atom. The Balaban J connectivity index is 2.29. The highest BCUT2D eigenvalue weighted by Gasteiger charge is 2.44. The van der Waals surface area contributed by atoms with Crippen LogP contribution >= 0.6 is 0 Å². The number of carbonyl (C=O) groups is 1. The second kappa shape index (κ2) is 36.3. The molecule has 0 aromatic carbocycles. The molecule has 1 heterocycles. The molecule has 1 fully saturated rings. The van der Waals surface area contributed by atoms with Crippen molar-refractivity contribution in [2.45, 2.75) is 256 Å². The lowest BCUT2D eigenvalue weighted by Crippen LogP contribution is -2.60. The van der Waals surface area contributed by atoms with E-state index in [9.17, 15) is 30.3 Å². The SMILES string of the molecule is CCCCCCCCCCCC=CC(O)C(COC1OC(CO)C(O)C(O)C1O)NC(=O)CCCCCCCCCCCCCCCCCCCCCC. The minimum atomic E-state index is -1.56. The number of hydrogen-bond donors (Lipinski definition) is 6. The lowest BCUT2D eigenvalue weighted by atomic mass is 9.99. The van der Waals surface area contributed by atoms with Crippen molar-refractivity contribution in [1.82, 2.24) is 5.32 Å². The largest absolute Gasteiger partial charge is 0.394 e. The lowest BCUT2D eigenvalue weighted by molar-refractivity contribution is -0.302. The minimum absolute atomic E-state index is 0.175. The number of nitrogens with one attached hydrogen (secondary N) is 1. The Morgan fingerprint density at radius 2 is 1.02 bits per heavy atom. The highest BCUT2D eigenvalue weighted by molar-refractivity contribution is 5.76. The van der Waals surface area contributed by atoms with Gasteiger partial charge in [0.05, 0.1) is 25.4 Å². The van der Waals surface area contributed by atoms with Crippen molar-refractivity contribution in [1.29, 1.82) is 0 Å². The van der Waals surface area contributed by atoms with Crippen molar-refractivity contribution in [2.75, 3.05) is 13.2 Å². The lowest BCUT2D eigenvalue weighted by Gasteiger charge is -2.40. The molecule has 0 saturated carbocycles. The van der Waals surface area contributed by atoms with Crippen LogP contribution in [0.25, 0.3) is 0 Å². The van der Waals surface area contributed by atoms with Gasteiger partial charge in [0.25, 0.3) is 0 Å². The van der Waals surface area contributed by atoms with E-state index in [1.54, 1.807) is 6.08 Å². The van der Waals surface area contributed by atoms with E-state index in [0.29, 0.717) is 6.42 Å². The van der Waals surface area contributed by atoms with Crippen LogP contribution in [0.1, 0.15) is 213 Å². The van der Waals surface area contributed by atoms with Crippen LogP contribution in [-0.2, 0) is 14.3 Å². The van der Waals surface area contributed by atoms with Gasteiger partial charge in [-0.3, -0.25) is 4.79 Å². The predicted molar refractivity (Wildman–Crippen MR) is 221 cm³/mol. The molecule has 1 aliphatic heterocycles. The summed E-state index contributed by atoms with van der Waals surface area (Å²) in [7, 11) is 0. The highest BCUT2D eigenvalue weighted by Crippen LogP contribution is 2.23. The second-order valence-electron chi connectivity index (χ2n) is 16.2. The average molecular weight is 770 g/mol. The molecule has 54 heavy (non-hydrogen) atoms. The van der Waals surface area contributed by atoms with Gasteiger partial charge in [0.1, 0.15) is 24.4 Å². The van der Waals surface area contributed by atoms with Crippen molar-refractivity contribution in [3.05, 3.63) is 12.2 Å². The molecule has 0 bridgehead atoms. The molecule has 1 rings (SSSR count). The van der Waals surface area contributed by atoms with Gasteiger partial charge >= 0.3 is 0 Å². The van der Waals surface area contributed by atoms with Crippen LogP contribution in [0.4, 0.5) is 0 Å². The van der Waals surface area contributed by atoms with E-state index >= 15 is 0 Å². The number of carbonyl (C=O) groups excluding carboxylic acids is 1. The summed E-state index contributed by atoms with van der Waals surface area (Å²) in [5, 5.41) is 54.1.